The Hall–Kier alpha value is -1.07. The van der Waals surface area contributed by atoms with Crippen LogP contribution in [0.25, 0.3) is 0 Å². The van der Waals surface area contributed by atoms with E-state index in [4.69, 9.17) is 4.74 Å². The maximum atomic E-state index is 11.9. The fourth-order valence-corrected chi connectivity index (χ4v) is 2.92. The molecule has 0 saturated carbocycles. The second kappa shape index (κ2) is 5.51. The molecule has 1 aromatic rings. The third-order valence-corrected chi connectivity index (χ3v) is 3.87. The number of rotatable bonds is 2. The SMILES string of the molecule is CC(C)(C)OC(=O)N1CC(O)C(Cc2ccsc2)C1. The largest absolute Gasteiger partial charge is 0.444 e. The molecule has 1 amide bonds. The predicted octanol–water partition coefficient (Wildman–Crippen LogP) is 2.52. The molecule has 0 bridgehead atoms. The number of likely N-dealkylation sites (tertiary alicyclic amines) is 1. The van der Waals surface area contributed by atoms with E-state index in [1.54, 1.807) is 16.2 Å². The number of carbonyl (C=O) groups excluding carboxylic acids is 1. The topological polar surface area (TPSA) is 49.8 Å². The van der Waals surface area contributed by atoms with Gasteiger partial charge in [0.15, 0.2) is 0 Å². The molecule has 0 spiro atoms. The third-order valence-electron chi connectivity index (χ3n) is 3.14. The number of hydrogen-bond donors (Lipinski definition) is 1. The summed E-state index contributed by atoms with van der Waals surface area (Å²) in [6.45, 7) is 6.47. The number of aliphatic hydroxyl groups excluding tert-OH is 1. The molecule has 1 aromatic heterocycles. The van der Waals surface area contributed by atoms with Crippen molar-refractivity contribution in [2.45, 2.75) is 38.9 Å². The Balaban J connectivity index is 1.91. The van der Waals surface area contributed by atoms with Crippen LogP contribution in [-0.2, 0) is 11.2 Å². The molecule has 2 rings (SSSR count). The summed E-state index contributed by atoms with van der Waals surface area (Å²) in [5.41, 5.74) is 0.730. The van der Waals surface area contributed by atoms with Crippen LogP contribution in [0, 0.1) is 5.92 Å². The Morgan fingerprint density at radius 2 is 2.26 bits per heavy atom. The normalized spacial score (nSPS) is 23.7. The van der Waals surface area contributed by atoms with E-state index in [1.165, 1.54) is 5.56 Å². The van der Waals surface area contributed by atoms with Crippen molar-refractivity contribution in [2.75, 3.05) is 13.1 Å². The van der Waals surface area contributed by atoms with Crippen molar-refractivity contribution in [3.8, 4) is 0 Å². The van der Waals surface area contributed by atoms with Crippen LogP contribution in [0.3, 0.4) is 0 Å². The van der Waals surface area contributed by atoms with Gasteiger partial charge >= 0.3 is 6.09 Å². The minimum Gasteiger partial charge on any atom is -0.444 e. The number of thiophene rings is 1. The lowest BCUT2D eigenvalue weighted by atomic mass is 9.99. The number of aliphatic hydroxyl groups is 1. The number of β-amino-alcohol motifs (C(OH)–C–C–N with tert-alkyl or cyclic N) is 1. The van der Waals surface area contributed by atoms with Gasteiger partial charge in [0.1, 0.15) is 5.60 Å². The van der Waals surface area contributed by atoms with Crippen molar-refractivity contribution in [3.63, 3.8) is 0 Å². The molecule has 1 saturated heterocycles. The first-order chi connectivity index (χ1) is 8.85. The van der Waals surface area contributed by atoms with E-state index < -0.39 is 11.7 Å². The zero-order valence-corrected chi connectivity index (χ0v) is 12.4. The summed E-state index contributed by atoms with van der Waals surface area (Å²) in [6.07, 6.45) is 0.0102. The van der Waals surface area contributed by atoms with Crippen LogP contribution in [0.1, 0.15) is 26.3 Å². The van der Waals surface area contributed by atoms with Gasteiger partial charge in [0, 0.05) is 12.5 Å². The summed E-state index contributed by atoms with van der Waals surface area (Å²) in [7, 11) is 0. The van der Waals surface area contributed by atoms with Gasteiger partial charge in [-0.25, -0.2) is 4.79 Å². The fraction of sp³-hybridized carbons (Fsp3) is 0.643. The van der Waals surface area contributed by atoms with Crippen LogP contribution in [0.2, 0.25) is 0 Å². The molecular weight excluding hydrogens is 262 g/mol. The van der Waals surface area contributed by atoms with Gasteiger partial charge in [-0.3, -0.25) is 0 Å². The highest BCUT2D eigenvalue weighted by atomic mass is 32.1. The quantitative estimate of drug-likeness (QED) is 0.907. The zero-order valence-electron chi connectivity index (χ0n) is 11.6. The Kier molecular flexibility index (Phi) is 4.16. The van der Waals surface area contributed by atoms with E-state index in [1.807, 2.05) is 26.2 Å². The highest BCUT2D eigenvalue weighted by Gasteiger charge is 2.36. The lowest BCUT2D eigenvalue weighted by Gasteiger charge is -2.24. The number of amides is 1. The minimum absolute atomic E-state index is 0.0992. The Labute approximate surface area is 118 Å². The van der Waals surface area contributed by atoms with E-state index in [0.717, 1.165) is 6.42 Å². The molecule has 0 aliphatic carbocycles. The second-order valence-electron chi connectivity index (χ2n) is 6.05. The molecule has 2 atom stereocenters. The molecule has 19 heavy (non-hydrogen) atoms. The molecule has 2 heterocycles. The van der Waals surface area contributed by atoms with Crippen molar-refractivity contribution < 1.29 is 14.6 Å². The van der Waals surface area contributed by atoms with Gasteiger partial charge in [-0.05, 0) is 49.6 Å². The summed E-state index contributed by atoms with van der Waals surface area (Å²) in [4.78, 5) is 13.6. The van der Waals surface area contributed by atoms with Gasteiger partial charge in [0.25, 0.3) is 0 Å². The van der Waals surface area contributed by atoms with Gasteiger partial charge in [-0.1, -0.05) is 0 Å². The van der Waals surface area contributed by atoms with Crippen LogP contribution >= 0.6 is 11.3 Å². The van der Waals surface area contributed by atoms with E-state index in [2.05, 4.69) is 11.4 Å². The van der Waals surface area contributed by atoms with Crippen molar-refractivity contribution in [2.24, 2.45) is 5.92 Å². The summed E-state index contributed by atoms with van der Waals surface area (Å²) in [5, 5.41) is 14.2. The molecule has 2 unspecified atom stereocenters. The Morgan fingerprint density at radius 1 is 1.53 bits per heavy atom. The standard InChI is InChI=1S/C14H21NO3S/c1-14(2,3)18-13(17)15-7-11(12(16)8-15)6-10-4-5-19-9-10/h4-5,9,11-12,16H,6-8H2,1-3H3. The smallest absolute Gasteiger partial charge is 0.410 e. The summed E-state index contributed by atoms with van der Waals surface area (Å²) >= 11 is 1.65. The second-order valence-corrected chi connectivity index (χ2v) is 6.83. The minimum atomic E-state index is -0.493. The zero-order chi connectivity index (χ0) is 14.0. The van der Waals surface area contributed by atoms with E-state index in [9.17, 15) is 9.90 Å². The summed E-state index contributed by atoms with van der Waals surface area (Å²) in [5.74, 6) is 0.0992. The third kappa shape index (κ3) is 3.94. The highest BCUT2D eigenvalue weighted by molar-refractivity contribution is 7.07. The van der Waals surface area contributed by atoms with Gasteiger partial charge in [-0.15, -0.1) is 0 Å². The molecule has 1 aliphatic heterocycles. The Bertz CT molecular complexity index is 424. The Morgan fingerprint density at radius 3 is 2.84 bits per heavy atom. The highest BCUT2D eigenvalue weighted by Crippen LogP contribution is 2.24. The van der Waals surface area contributed by atoms with Crippen LogP contribution < -0.4 is 0 Å². The fourth-order valence-electron chi connectivity index (χ4n) is 2.24. The van der Waals surface area contributed by atoms with Crippen LogP contribution in [-0.4, -0.2) is 40.9 Å². The van der Waals surface area contributed by atoms with Crippen molar-refractivity contribution in [3.05, 3.63) is 22.4 Å². The molecule has 5 heteroatoms. The van der Waals surface area contributed by atoms with Gasteiger partial charge in [0.2, 0.25) is 0 Å². The molecule has 106 valence electrons. The van der Waals surface area contributed by atoms with E-state index >= 15 is 0 Å². The van der Waals surface area contributed by atoms with E-state index in [0.29, 0.717) is 13.1 Å². The molecule has 0 aromatic carbocycles. The van der Waals surface area contributed by atoms with Gasteiger partial charge in [-0.2, -0.15) is 11.3 Å². The molecule has 1 N–H and O–H groups in total. The first-order valence-electron chi connectivity index (χ1n) is 6.52. The predicted molar refractivity (Wildman–Crippen MR) is 75.3 cm³/mol. The number of ether oxygens (including phenoxy) is 1. The number of carbonyl (C=O) groups is 1. The molecule has 1 fully saturated rings. The van der Waals surface area contributed by atoms with Gasteiger partial charge in [0.05, 0.1) is 12.6 Å². The molecular formula is C14H21NO3S. The lowest BCUT2D eigenvalue weighted by Crippen LogP contribution is -2.35. The van der Waals surface area contributed by atoms with Crippen LogP contribution in [0.4, 0.5) is 4.79 Å². The van der Waals surface area contributed by atoms with Crippen LogP contribution in [0.15, 0.2) is 16.8 Å². The molecule has 4 nitrogen and oxygen atoms in total. The maximum Gasteiger partial charge on any atom is 0.410 e. The van der Waals surface area contributed by atoms with Crippen molar-refractivity contribution in [1.82, 2.24) is 4.90 Å². The molecule has 1 aliphatic rings. The average Bonchev–Trinajstić information content (AvgIpc) is 2.88. The van der Waals surface area contributed by atoms with Gasteiger partial charge < -0.3 is 14.7 Å². The number of nitrogens with zero attached hydrogens (tertiary/aromatic N) is 1. The van der Waals surface area contributed by atoms with Crippen molar-refractivity contribution in [1.29, 1.82) is 0 Å². The first-order valence-corrected chi connectivity index (χ1v) is 7.46. The lowest BCUT2D eigenvalue weighted by molar-refractivity contribution is 0.0270. The van der Waals surface area contributed by atoms with Crippen LogP contribution in [0.5, 0.6) is 0 Å². The van der Waals surface area contributed by atoms with E-state index in [-0.39, 0.29) is 12.0 Å². The summed E-state index contributed by atoms with van der Waals surface area (Å²) < 4.78 is 5.33. The first kappa shape index (κ1) is 14.3. The summed E-state index contributed by atoms with van der Waals surface area (Å²) in [6, 6.07) is 2.06. The van der Waals surface area contributed by atoms with Crippen molar-refractivity contribution >= 4 is 17.4 Å². The average molecular weight is 283 g/mol. The monoisotopic (exact) mass is 283 g/mol. The molecule has 0 radical (unpaired) electrons. The maximum absolute atomic E-state index is 11.9. The number of hydrogen-bond acceptors (Lipinski definition) is 4.